The molecule has 0 fully saturated rings. The number of imidazole rings is 1. The van der Waals surface area contributed by atoms with Crippen molar-refractivity contribution in [2.75, 3.05) is 5.75 Å². The number of alkyl halides is 6. The first-order valence-corrected chi connectivity index (χ1v) is 9.00. The molecule has 0 bridgehead atoms. The Hall–Kier alpha value is -2.17. The summed E-state index contributed by atoms with van der Waals surface area (Å²) in [5.74, 6) is -2.03. The van der Waals surface area contributed by atoms with Gasteiger partial charge in [0, 0.05) is 18.1 Å². The zero-order valence-corrected chi connectivity index (χ0v) is 14.6. The zero-order chi connectivity index (χ0) is 20.0. The number of hydrogen-bond acceptors (Lipinski definition) is 3. The second kappa shape index (κ2) is 6.77. The van der Waals surface area contributed by atoms with Crippen LogP contribution in [0.5, 0.6) is 0 Å². The molecule has 2 aromatic rings. The molecule has 146 valence electrons. The van der Waals surface area contributed by atoms with E-state index in [1.54, 1.807) is 6.08 Å². The number of allylic oxidation sites excluding steroid dienone is 4. The molecule has 2 heterocycles. The highest BCUT2D eigenvalue weighted by atomic mass is 32.2. The molecular formula is C16H13F6N3OS. The first-order valence-electron chi connectivity index (χ1n) is 7.69. The van der Waals surface area contributed by atoms with Gasteiger partial charge in [-0.2, -0.15) is 26.3 Å². The predicted octanol–water partition coefficient (Wildman–Crippen LogP) is 4.23. The molecule has 2 aromatic heterocycles. The van der Waals surface area contributed by atoms with Gasteiger partial charge in [-0.15, -0.1) is 0 Å². The van der Waals surface area contributed by atoms with Crippen molar-refractivity contribution >= 4 is 22.0 Å². The van der Waals surface area contributed by atoms with Crippen LogP contribution in [-0.2, 0) is 24.0 Å². The van der Waals surface area contributed by atoms with Gasteiger partial charge >= 0.3 is 12.4 Å². The van der Waals surface area contributed by atoms with Crippen molar-refractivity contribution in [1.82, 2.24) is 14.5 Å². The third-order valence-corrected chi connectivity index (χ3v) is 5.59. The standard InChI is InChI=1S/C16H13F6N3OS/c1-25-13(24-11-6-9(16(20,21)22)7-23-14(11)25)10-4-2-3-5-12(10)27(26)8-15(17,18)19/h2-3,5-7,10H,4,8H2,1H3. The number of nitrogens with zero attached hydrogens (tertiary/aromatic N) is 3. The minimum atomic E-state index is -4.60. The Labute approximate surface area is 152 Å². The van der Waals surface area contributed by atoms with E-state index in [9.17, 15) is 30.6 Å². The number of pyridine rings is 1. The maximum absolute atomic E-state index is 12.9. The predicted molar refractivity (Wildman–Crippen MR) is 87.2 cm³/mol. The van der Waals surface area contributed by atoms with E-state index in [-0.39, 0.29) is 28.3 Å². The summed E-state index contributed by atoms with van der Waals surface area (Å²) >= 11 is 0. The Bertz CT molecular complexity index is 957. The van der Waals surface area contributed by atoms with Crippen molar-refractivity contribution in [3.05, 3.63) is 46.8 Å². The molecule has 0 saturated carbocycles. The molecule has 0 radical (unpaired) electrons. The van der Waals surface area contributed by atoms with E-state index >= 15 is 0 Å². The molecule has 2 unspecified atom stereocenters. The number of fused-ring (bicyclic) bond motifs is 1. The Morgan fingerprint density at radius 2 is 1.96 bits per heavy atom. The number of aromatic nitrogens is 3. The van der Waals surface area contributed by atoms with Crippen molar-refractivity contribution in [1.29, 1.82) is 0 Å². The lowest BCUT2D eigenvalue weighted by Crippen LogP contribution is -2.23. The number of aryl methyl sites for hydroxylation is 1. The fraction of sp³-hybridized carbons (Fsp3) is 0.375. The Morgan fingerprint density at radius 1 is 1.26 bits per heavy atom. The first kappa shape index (κ1) is 19.6. The van der Waals surface area contributed by atoms with Crippen LogP contribution in [0.15, 0.2) is 35.4 Å². The van der Waals surface area contributed by atoms with E-state index in [1.165, 1.54) is 23.8 Å². The molecule has 3 rings (SSSR count). The van der Waals surface area contributed by atoms with Crippen LogP contribution >= 0.6 is 0 Å². The lowest BCUT2D eigenvalue weighted by Gasteiger charge is -2.21. The summed E-state index contributed by atoms with van der Waals surface area (Å²) in [4.78, 5) is 7.96. The lowest BCUT2D eigenvalue weighted by atomic mass is 9.99. The maximum Gasteiger partial charge on any atom is 0.417 e. The topological polar surface area (TPSA) is 47.8 Å². The molecular weight excluding hydrogens is 396 g/mol. The molecule has 0 aromatic carbocycles. The van der Waals surface area contributed by atoms with E-state index in [2.05, 4.69) is 9.97 Å². The van der Waals surface area contributed by atoms with Crippen LogP contribution in [0.25, 0.3) is 11.2 Å². The van der Waals surface area contributed by atoms with E-state index in [0.29, 0.717) is 6.20 Å². The van der Waals surface area contributed by atoms with Crippen molar-refractivity contribution in [3.63, 3.8) is 0 Å². The molecule has 1 aliphatic rings. The molecule has 2 atom stereocenters. The molecule has 0 aliphatic heterocycles. The fourth-order valence-electron chi connectivity index (χ4n) is 2.87. The Morgan fingerprint density at radius 3 is 2.59 bits per heavy atom. The summed E-state index contributed by atoms with van der Waals surface area (Å²) in [5, 5.41) is 0. The van der Waals surface area contributed by atoms with Crippen LogP contribution in [0.4, 0.5) is 26.3 Å². The molecule has 1 aliphatic carbocycles. The SMILES string of the molecule is Cn1c(C2CC=CC=C2S(=O)CC(F)(F)F)nc2cc(C(F)(F)F)cnc21. The Balaban J connectivity index is 2.03. The summed E-state index contributed by atoms with van der Waals surface area (Å²) in [7, 11) is -0.816. The third kappa shape index (κ3) is 4.07. The molecule has 27 heavy (non-hydrogen) atoms. The van der Waals surface area contributed by atoms with E-state index in [1.807, 2.05) is 0 Å². The van der Waals surface area contributed by atoms with Gasteiger partial charge in [-0.05, 0) is 18.6 Å². The summed E-state index contributed by atoms with van der Waals surface area (Å²) in [5.41, 5.74) is -0.842. The first-order chi connectivity index (χ1) is 12.5. The minimum absolute atomic E-state index is 0.0298. The molecule has 0 spiro atoms. The summed E-state index contributed by atoms with van der Waals surface area (Å²) in [6.07, 6.45) is -3.77. The van der Waals surface area contributed by atoms with Crippen molar-refractivity contribution in [2.45, 2.75) is 24.7 Å². The summed E-state index contributed by atoms with van der Waals surface area (Å²) < 4.78 is 90.1. The second-order valence-corrected chi connectivity index (χ2v) is 7.44. The monoisotopic (exact) mass is 409 g/mol. The molecule has 0 amide bonds. The van der Waals surface area contributed by atoms with Gasteiger partial charge in [0.05, 0.1) is 22.3 Å². The summed E-state index contributed by atoms with van der Waals surface area (Å²) in [6, 6.07) is 0.834. The average molecular weight is 409 g/mol. The van der Waals surface area contributed by atoms with Gasteiger partial charge in [0.1, 0.15) is 17.1 Å². The fourth-order valence-corrected chi connectivity index (χ4v) is 4.08. The molecule has 4 nitrogen and oxygen atoms in total. The highest BCUT2D eigenvalue weighted by Crippen LogP contribution is 2.36. The third-order valence-electron chi connectivity index (χ3n) is 4.05. The largest absolute Gasteiger partial charge is 0.417 e. The number of halogens is 6. The normalized spacial score (nSPS) is 19.4. The van der Waals surface area contributed by atoms with Gasteiger partial charge in [-0.1, -0.05) is 12.2 Å². The maximum atomic E-state index is 12.9. The van der Waals surface area contributed by atoms with Crippen LogP contribution in [0.2, 0.25) is 0 Å². The zero-order valence-electron chi connectivity index (χ0n) is 13.8. The number of rotatable bonds is 3. The minimum Gasteiger partial charge on any atom is -0.315 e. The lowest BCUT2D eigenvalue weighted by molar-refractivity contribution is -0.137. The quantitative estimate of drug-likeness (QED) is 0.713. The highest BCUT2D eigenvalue weighted by Gasteiger charge is 2.36. The highest BCUT2D eigenvalue weighted by molar-refractivity contribution is 7.89. The van der Waals surface area contributed by atoms with Crippen molar-refractivity contribution in [2.24, 2.45) is 7.05 Å². The van der Waals surface area contributed by atoms with E-state index in [4.69, 9.17) is 0 Å². The van der Waals surface area contributed by atoms with Gasteiger partial charge < -0.3 is 4.57 Å². The van der Waals surface area contributed by atoms with Gasteiger partial charge in [0.15, 0.2) is 5.65 Å². The van der Waals surface area contributed by atoms with Crippen LogP contribution in [0.3, 0.4) is 0 Å². The molecule has 0 saturated heterocycles. The molecule has 11 heteroatoms. The summed E-state index contributed by atoms with van der Waals surface area (Å²) in [6.45, 7) is 0. The average Bonchev–Trinajstić information content (AvgIpc) is 2.89. The van der Waals surface area contributed by atoms with Crippen molar-refractivity contribution in [3.8, 4) is 0 Å². The molecule has 0 N–H and O–H groups in total. The second-order valence-electron chi connectivity index (χ2n) is 5.98. The van der Waals surface area contributed by atoms with Gasteiger partial charge in [-0.3, -0.25) is 4.21 Å². The van der Waals surface area contributed by atoms with Crippen molar-refractivity contribution < 1.29 is 30.6 Å². The van der Waals surface area contributed by atoms with Crippen LogP contribution in [-0.4, -0.2) is 30.7 Å². The number of hydrogen-bond donors (Lipinski definition) is 0. The van der Waals surface area contributed by atoms with Crippen LogP contribution in [0, 0.1) is 0 Å². The van der Waals surface area contributed by atoms with E-state index < -0.39 is 40.4 Å². The Kier molecular flexibility index (Phi) is 4.91. The van der Waals surface area contributed by atoms with Crippen LogP contribution in [0.1, 0.15) is 23.7 Å². The van der Waals surface area contributed by atoms with E-state index in [0.717, 1.165) is 6.07 Å². The van der Waals surface area contributed by atoms with Gasteiger partial charge in [-0.25, -0.2) is 9.97 Å². The van der Waals surface area contributed by atoms with Crippen LogP contribution < -0.4 is 0 Å². The van der Waals surface area contributed by atoms with Gasteiger partial charge in [0.2, 0.25) is 0 Å². The van der Waals surface area contributed by atoms with Gasteiger partial charge in [0.25, 0.3) is 0 Å². The smallest absolute Gasteiger partial charge is 0.315 e.